The van der Waals surface area contributed by atoms with Gasteiger partial charge in [-0.3, -0.25) is 4.72 Å². The summed E-state index contributed by atoms with van der Waals surface area (Å²) < 4.78 is 28.5. The van der Waals surface area contributed by atoms with E-state index in [1.54, 1.807) is 5.38 Å². The van der Waals surface area contributed by atoms with Crippen LogP contribution in [-0.4, -0.2) is 23.2 Å². The lowest BCUT2D eigenvalue weighted by Gasteiger charge is -2.02. The molecule has 21 heavy (non-hydrogen) atoms. The molecule has 0 bridgehead atoms. The molecule has 3 aromatic rings. The largest absolute Gasteiger partial charge is 0.266 e. The van der Waals surface area contributed by atoms with Crippen molar-refractivity contribution in [2.75, 3.05) is 4.72 Å². The molecular weight excluding hydrogens is 308 g/mol. The highest BCUT2D eigenvalue weighted by Crippen LogP contribution is 2.20. The van der Waals surface area contributed by atoms with Crippen LogP contribution in [0.1, 0.15) is 5.69 Å². The second-order valence-corrected chi connectivity index (χ2v) is 6.90. The van der Waals surface area contributed by atoms with E-state index in [1.807, 2.05) is 37.3 Å². The number of hydrogen-bond donors (Lipinski definition) is 1. The van der Waals surface area contributed by atoms with Crippen molar-refractivity contribution in [1.29, 1.82) is 0 Å². The van der Waals surface area contributed by atoms with Crippen molar-refractivity contribution in [1.82, 2.24) is 14.8 Å². The summed E-state index contributed by atoms with van der Waals surface area (Å²) in [7, 11) is -3.67. The highest BCUT2D eigenvalue weighted by molar-refractivity contribution is 7.93. The molecule has 6 nitrogen and oxygen atoms in total. The molecule has 1 N–H and O–H groups in total. The van der Waals surface area contributed by atoms with Crippen LogP contribution < -0.4 is 4.72 Å². The summed E-state index contributed by atoms with van der Waals surface area (Å²) in [6.45, 7) is 1.81. The zero-order chi connectivity index (χ0) is 14.9. The fraction of sp³-hybridized carbons (Fsp3) is 0.0769. The van der Waals surface area contributed by atoms with E-state index >= 15 is 0 Å². The highest BCUT2D eigenvalue weighted by Gasteiger charge is 2.18. The average Bonchev–Trinajstić information content (AvgIpc) is 3.09. The molecule has 0 radical (unpaired) electrons. The Morgan fingerprint density at radius 1 is 1.24 bits per heavy atom. The van der Waals surface area contributed by atoms with E-state index < -0.39 is 10.0 Å². The van der Waals surface area contributed by atoms with Gasteiger partial charge in [0.05, 0.1) is 23.8 Å². The number of benzene rings is 1. The van der Waals surface area contributed by atoms with Crippen LogP contribution in [0.25, 0.3) is 5.69 Å². The Kier molecular flexibility index (Phi) is 3.48. The molecule has 0 atom stereocenters. The van der Waals surface area contributed by atoms with Gasteiger partial charge in [-0.15, -0.1) is 11.3 Å². The van der Waals surface area contributed by atoms with Crippen molar-refractivity contribution in [2.24, 2.45) is 0 Å². The fourth-order valence-corrected chi connectivity index (χ4v) is 3.61. The molecule has 0 fully saturated rings. The third kappa shape index (κ3) is 2.96. The van der Waals surface area contributed by atoms with E-state index in [4.69, 9.17) is 0 Å². The van der Waals surface area contributed by atoms with Gasteiger partial charge in [0, 0.05) is 5.38 Å². The van der Waals surface area contributed by atoms with E-state index in [2.05, 4.69) is 14.8 Å². The van der Waals surface area contributed by atoms with Crippen LogP contribution in [0.15, 0.2) is 53.0 Å². The van der Waals surface area contributed by atoms with Gasteiger partial charge in [-0.25, -0.2) is 18.1 Å². The first kappa shape index (κ1) is 13.8. The number of hydrogen-bond acceptors (Lipinski definition) is 5. The van der Waals surface area contributed by atoms with Gasteiger partial charge in [-0.1, -0.05) is 18.2 Å². The minimum absolute atomic E-state index is 0.0965. The maximum atomic E-state index is 12.3. The molecule has 0 aliphatic rings. The summed E-state index contributed by atoms with van der Waals surface area (Å²) in [5.74, 6) is 0. The second-order valence-electron chi connectivity index (χ2n) is 4.36. The summed E-state index contributed by atoms with van der Waals surface area (Å²) in [4.78, 5) is 4.18. The van der Waals surface area contributed by atoms with Gasteiger partial charge < -0.3 is 0 Å². The van der Waals surface area contributed by atoms with Crippen molar-refractivity contribution in [3.05, 3.63) is 53.8 Å². The molecule has 0 spiro atoms. The van der Waals surface area contributed by atoms with Crippen molar-refractivity contribution in [3.63, 3.8) is 0 Å². The Hall–Kier alpha value is -2.19. The first-order valence-electron chi connectivity index (χ1n) is 6.10. The quantitative estimate of drug-likeness (QED) is 0.801. The van der Waals surface area contributed by atoms with E-state index in [-0.39, 0.29) is 4.90 Å². The number of thiazole rings is 1. The minimum Gasteiger partial charge on any atom is -0.255 e. The standard InChI is InChI=1S/C13H12N4O2S2/c1-10-9-20-13(15-10)16-21(18,19)12-7-14-17(8-12)11-5-3-2-4-6-11/h2-9H,1H3,(H,15,16). The number of sulfonamides is 1. The third-order valence-electron chi connectivity index (χ3n) is 2.73. The molecule has 2 heterocycles. The van der Waals surface area contributed by atoms with Crippen molar-refractivity contribution >= 4 is 26.5 Å². The lowest BCUT2D eigenvalue weighted by molar-refractivity contribution is 0.601. The molecule has 0 aliphatic heterocycles. The highest BCUT2D eigenvalue weighted by atomic mass is 32.2. The van der Waals surface area contributed by atoms with Crippen LogP contribution in [-0.2, 0) is 10.0 Å². The maximum Gasteiger partial charge on any atom is 0.266 e. The van der Waals surface area contributed by atoms with Crippen LogP contribution >= 0.6 is 11.3 Å². The number of nitrogens with zero attached hydrogens (tertiary/aromatic N) is 3. The van der Waals surface area contributed by atoms with Gasteiger partial charge in [0.15, 0.2) is 5.13 Å². The second kappa shape index (κ2) is 5.30. The smallest absolute Gasteiger partial charge is 0.255 e. The van der Waals surface area contributed by atoms with E-state index in [0.29, 0.717) is 5.13 Å². The number of anilines is 1. The summed E-state index contributed by atoms with van der Waals surface area (Å²) in [6, 6.07) is 9.31. The molecular formula is C13H12N4O2S2. The predicted molar refractivity (Wildman–Crippen MR) is 81.2 cm³/mol. The molecule has 1 aromatic carbocycles. The number of rotatable bonds is 4. The Labute approximate surface area is 126 Å². The molecule has 0 saturated carbocycles. The van der Waals surface area contributed by atoms with Crippen molar-refractivity contribution in [2.45, 2.75) is 11.8 Å². The predicted octanol–water partition coefficient (Wildman–Crippen LogP) is 2.44. The van der Waals surface area contributed by atoms with E-state index in [9.17, 15) is 8.42 Å². The Balaban J connectivity index is 1.88. The average molecular weight is 320 g/mol. The van der Waals surface area contributed by atoms with Gasteiger partial charge >= 0.3 is 0 Å². The van der Waals surface area contributed by atoms with Crippen LogP contribution in [0.3, 0.4) is 0 Å². The number of aryl methyl sites for hydroxylation is 1. The molecule has 0 unspecified atom stereocenters. The molecule has 8 heteroatoms. The maximum absolute atomic E-state index is 12.3. The third-order valence-corrected chi connectivity index (χ3v) is 5.03. The minimum atomic E-state index is -3.67. The summed E-state index contributed by atoms with van der Waals surface area (Å²) >= 11 is 1.25. The van der Waals surface area contributed by atoms with Gasteiger partial charge in [0.1, 0.15) is 4.90 Å². The topological polar surface area (TPSA) is 76.9 Å². The summed E-state index contributed by atoms with van der Waals surface area (Å²) in [5, 5.41) is 6.21. The van der Waals surface area contributed by atoms with Crippen LogP contribution in [0.5, 0.6) is 0 Å². The first-order chi connectivity index (χ1) is 10.0. The lowest BCUT2D eigenvalue weighted by Crippen LogP contribution is -2.12. The molecule has 0 amide bonds. The van der Waals surface area contributed by atoms with Crippen molar-refractivity contribution < 1.29 is 8.42 Å². The summed E-state index contributed by atoms with van der Waals surface area (Å²) in [6.07, 6.45) is 2.79. The Morgan fingerprint density at radius 3 is 2.67 bits per heavy atom. The zero-order valence-corrected chi connectivity index (χ0v) is 12.7. The molecule has 3 rings (SSSR count). The fourth-order valence-electron chi connectivity index (χ4n) is 1.74. The summed E-state index contributed by atoms with van der Waals surface area (Å²) in [5.41, 5.74) is 1.57. The van der Waals surface area contributed by atoms with Gasteiger partial charge in [0.25, 0.3) is 10.0 Å². The lowest BCUT2D eigenvalue weighted by atomic mass is 10.3. The van der Waals surface area contributed by atoms with Crippen molar-refractivity contribution in [3.8, 4) is 5.69 Å². The van der Waals surface area contributed by atoms with Crippen LogP contribution in [0.2, 0.25) is 0 Å². The van der Waals surface area contributed by atoms with E-state index in [0.717, 1.165) is 11.4 Å². The van der Waals surface area contributed by atoms with Gasteiger partial charge in [-0.05, 0) is 19.1 Å². The Bertz CT molecular complexity index is 853. The first-order valence-corrected chi connectivity index (χ1v) is 8.46. The number of nitrogens with one attached hydrogen (secondary N) is 1. The molecule has 0 saturated heterocycles. The Morgan fingerprint density at radius 2 is 2.00 bits per heavy atom. The SMILES string of the molecule is Cc1csc(NS(=O)(=O)c2cnn(-c3ccccc3)c2)n1. The number of aromatic nitrogens is 3. The molecule has 2 aromatic heterocycles. The van der Waals surface area contributed by atoms with Crippen LogP contribution in [0.4, 0.5) is 5.13 Å². The van der Waals surface area contributed by atoms with E-state index in [1.165, 1.54) is 28.4 Å². The molecule has 108 valence electrons. The zero-order valence-electron chi connectivity index (χ0n) is 11.1. The molecule has 0 aliphatic carbocycles. The normalized spacial score (nSPS) is 11.5. The number of para-hydroxylation sites is 1. The monoisotopic (exact) mass is 320 g/mol. The van der Waals surface area contributed by atoms with Gasteiger partial charge in [0.2, 0.25) is 0 Å². The van der Waals surface area contributed by atoms with Crippen LogP contribution in [0, 0.1) is 6.92 Å². The van der Waals surface area contributed by atoms with Gasteiger partial charge in [-0.2, -0.15) is 5.10 Å².